The topological polar surface area (TPSA) is 114 Å². The second-order valence-corrected chi connectivity index (χ2v) is 8.98. The lowest BCUT2D eigenvalue weighted by Gasteiger charge is -2.16. The van der Waals surface area contributed by atoms with Gasteiger partial charge in [-0.2, -0.15) is 19.3 Å². The van der Waals surface area contributed by atoms with Gasteiger partial charge in [0.15, 0.2) is 5.82 Å². The number of sulfonamides is 1. The number of aromatic nitrogens is 3. The van der Waals surface area contributed by atoms with E-state index in [0.29, 0.717) is 0 Å². The molecule has 0 aliphatic heterocycles. The van der Waals surface area contributed by atoms with Gasteiger partial charge >= 0.3 is 0 Å². The number of nitrogens with two attached hydrogens (primary N) is 1. The van der Waals surface area contributed by atoms with Gasteiger partial charge in [-0.1, -0.05) is 31.2 Å². The molecule has 2 heterocycles. The first-order chi connectivity index (χ1) is 12.9. The van der Waals surface area contributed by atoms with Gasteiger partial charge in [0.25, 0.3) is 10.0 Å². The predicted molar refractivity (Wildman–Crippen MR) is 106 cm³/mol. The van der Waals surface area contributed by atoms with Crippen LogP contribution in [-0.4, -0.2) is 34.7 Å². The molecule has 0 atom stereocenters. The molecule has 0 radical (unpaired) electrons. The zero-order valence-corrected chi connectivity index (χ0v) is 16.6. The van der Waals surface area contributed by atoms with Crippen LogP contribution in [0.25, 0.3) is 0 Å². The maximum Gasteiger partial charge on any atom is 0.252 e. The van der Waals surface area contributed by atoms with Gasteiger partial charge in [-0.3, -0.25) is 0 Å². The first-order valence-corrected chi connectivity index (χ1v) is 10.6. The van der Waals surface area contributed by atoms with Gasteiger partial charge in [0.05, 0.1) is 6.54 Å². The minimum atomic E-state index is -3.60. The van der Waals surface area contributed by atoms with E-state index >= 15 is 0 Å². The van der Waals surface area contributed by atoms with E-state index in [2.05, 4.69) is 27.2 Å². The van der Waals surface area contributed by atoms with Gasteiger partial charge in [0.2, 0.25) is 11.9 Å². The molecule has 0 spiro atoms. The molecule has 27 heavy (non-hydrogen) atoms. The van der Waals surface area contributed by atoms with Crippen molar-refractivity contribution in [3.63, 3.8) is 0 Å². The highest BCUT2D eigenvalue weighted by Gasteiger charge is 2.23. The Morgan fingerprint density at radius 2 is 1.93 bits per heavy atom. The van der Waals surface area contributed by atoms with Crippen LogP contribution in [0.4, 0.5) is 17.6 Å². The average molecular weight is 405 g/mol. The van der Waals surface area contributed by atoms with E-state index in [1.165, 1.54) is 11.4 Å². The van der Waals surface area contributed by atoms with Gasteiger partial charge in [0, 0.05) is 12.7 Å². The van der Waals surface area contributed by atoms with Crippen molar-refractivity contribution in [3.05, 3.63) is 53.2 Å². The van der Waals surface area contributed by atoms with Gasteiger partial charge < -0.3 is 11.1 Å². The fourth-order valence-electron chi connectivity index (χ4n) is 2.48. The van der Waals surface area contributed by atoms with Gasteiger partial charge in [-0.15, -0.1) is 11.3 Å². The standard InChI is InChI=1S/C17H20N6O2S2/c1-3-12-7-4-5-8-13(12)19-17-21-14(20-16(18)22-17)11-23(2)27(24,25)15-9-6-10-26-15/h4-10H,3,11H2,1-2H3,(H3,18,19,20,21,22). The number of benzene rings is 1. The van der Waals surface area contributed by atoms with E-state index in [4.69, 9.17) is 5.73 Å². The lowest BCUT2D eigenvalue weighted by atomic mass is 10.1. The predicted octanol–water partition coefficient (Wildman–Crippen LogP) is 2.64. The highest BCUT2D eigenvalue weighted by atomic mass is 32.2. The Kier molecular flexibility index (Phi) is 5.68. The molecule has 0 fully saturated rings. The number of nitrogens with zero attached hydrogens (tertiary/aromatic N) is 4. The van der Waals surface area contributed by atoms with E-state index in [1.807, 2.05) is 24.3 Å². The third-order valence-electron chi connectivity index (χ3n) is 3.87. The summed E-state index contributed by atoms with van der Waals surface area (Å²) in [6.07, 6.45) is 0.846. The highest BCUT2D eigenvalue weighted by Crippen LogP contribution is 2.22. The molecule has 1 aromatic carbocycles. The maximum absolute atomic E-state index is 12.6. The number of rotatable bonds is 7. The number of nitrogen functional groups attached to an aromatic ring is 1. The zero-order valence-electron chi connectivity index (χ0n) is 15.0. The van der Waals surface area contributed by atoms with Crippen LogP contribution in [-0.2, 0) is 23.0 Å². The van der Waals surface area contributed by atoms with E-state index in [1.54, 1.807) is 17.5 Å². The third-order valence-corrected chi connectivity index (χ3v) is 7.04. The SMILES string of the molecule is CCc1ccccc1Nc1nc(N)nc(CN(C)S(=O)(=O)c2cccs2)n1. The fourth-order valence-corrected chi connectivity index (χ4v) is 4.81. The van der Waals surface area contributed by atoms with Gasteiger partial charge in [-0.25, -0.2) is 8.42 Å². The Morgan fingerprint density at radius 3 is 2.63 bits per heavy atom. The summed E-state index contributed by atoms with van der Waals surface area (Å²) >= 11 is 1.16. The van der Waals surface area contributed by atoms with E-state index in [9.17, 15) is 8.42 Å². The van der Waals surface area contributed by atoms with Crippen molar-refractivity contribution in [1.29, 1.82) is 0 Å². The molecule has 0 saturated carbocycles. The summed E-state index contributed by atoms with van der Waals surface area (Å²) in [7, 11) is -2.12. The quantitative estimate of drug-likeness (QED) is 0.622. The van der Waals surface area contributed by atoms with Crippen LogP contribution in [0.1, 0.15) is 18.3 Å². The molecule has 0 unspecified atom stereocenters. The second kappa shape index (κ2) is 7.99. The minimum absolute atomic E-state index is 0.0168. The van der Waals surface area contributed by atoms with Crippen LogP contribution >= 0.6 is 11.3 Å². The summed E-state index contributed by atoms with van der Waals surface area (Å²) < 4.78 is 26.6. The zero-order chi connectivity index (χ0) is 19.4. The fraction of sp³-hybridized carbons (Fsp3) is 0.235. The molecule has 142 valence electrons. The lowest BCUT2D eigenvalue weighted by Crippen LogP contribution is -2.27. The number of para-hydroxylation sites is 1. The second-order valence-electron chi connectivity index (χ2n) is 5.76. The van der Waals surface area contributed by atoms with Crippen molar-refractivity contribution in [2.24, 2.45) is 0 Å². The number of hydrogen-bond acceptors (Lipinski definition) is 8. The van der Waals surface area contributed by atoms with Gasteiger partial charge in [0.1, 0.15) is 4.21 Å². The van der Waals surface area contributed by atoms with Gasteiger partial charge in [-0.05, 0) is 29.5 Å². The van der Waals surface area contributed by atoms with E-state index in [0.717, 1.165) is 29.0 Å². The van der Waals surface area contributed by atoms with Crippen LogP contribution in [0, 0.1) is 0 Å². The summed E-state index contributed by atoms with van der Waals surface area (Å²) in [5.41, 5.74) is 7.77. The van der Waals surface area contributed by atoms with Crippen molar-refractivity contribution in [3.8, 4) is 0 Å². The monoisotopic (exact) mass is 404 g/mol. The number of thiophene rings is 1. The molecule has 3 N–H and O–H groups in total. The number of hydrogen-bond donors (Lipinski definition) is 2. The van der Waals surface area contributed by atoms with E-state index in [-0.39, 0.29) is 28.5 Å². The summed E-state index contributed by atoms with van der Waals surface area (Å²) in [6.45, 7) is 2.04. The molecule has 0 aliphatic carbocycles. The molecule has 0 bridgehead atoms. The van der Waals surface area contributed by atoms with Crippen molar-refractivity contribution >= 4 is 38.9 Å². The Morgan fingerprint density at radius 1 is 1.15 bits per heavy atom. The minimum Gasteiger partial charge on any atom is -0.368 e. The summed E-state index contributed by atoms with van der Waals surface area (Å²) in [4.78, 5) is 12.5. The van der Waals surface area contributed by atoms with E-state index < -0.39 is 10.0 Å². The molecule has 0 saturated heterocycles. The van der Waals surface area contributed by atoms with Crippen LogP contribution in [0.3, 0.4) is 0 Å². The first kappa shape index (κ1) is 19.2. The molecule has 8 nitrogen and oxygen atoms in total. The number of nitrogens with one attached hydrogen (secondary N) is 1. The van der Waals surface area contributed by atoms with Crippen molar-refractivity contribution in [2.45, 2.75) is 24.1 Å². The lowest BCUT2D eigenvalue weighted by molar-refractivity contribution is 0.458. The summed E-state index contributed by atoms with van der Waals surface area (Å²) in [5.74, 6) is 0.570. The van der Waals surface area contributed by atoms with Crippen molar-refractivity contribution in [2.75, 3.05) is 18.1 Å². The Balaban J connectivity index is 1.83. The Hall–Kier alpha value is -2.56. The molecular weight excluding hydrogens is 384 g/mol. The smallest absolute Gasteiger partial charge is 0.252 e. The van der Waals surface area contributed by atoms with Crippen molar-refractivity contribution < 1.29 is 8.42 Å². The normalized spacial score (nSPS) is 11.7. The molecular formula is C17H20N6O2S2. The highest BCUT2D eigenvalue weighted by molar-refractivity contribution is 7.91. The molecule has 3 rings (SSSR count). The number of aryl methyl sites for hydroxylation is 1. The molecule has 0 aliphatic rings. The van der Waals surface area contributed by atoms with Crippen LogP contribution in [0.2, 0.25) is 0 Å². The Labute approximate surface area is 162 Å². The largest absolute Gasteiger partial charge is 0.368 e. The average Bonchev–Trinajstić information content (AvgIpc) is 3.17. The maximum atomic E-state index is 12.6. The van der Waals surface area contributed by atoms with Crippen LogP contribution in [0.15, 0.2) is 46.0 Å². The molecule has 3 aromatic rings. The number of anilines is 3. The molecule has 0 amide bonds. The summed E-state index contributed by atoms with van der Waals surface area (Å²) in [6, 6.07) is 11.1. The van der Waals surface area contributed by atoms with Crippen LogP contribution < -0.4 is 11.1 Å². The molecule has 2 aromatic heterocycles. The van der Waals surface area contributed by atoms with Crippen molar-refractivity contribution in [1.82, 2.24) is 19.3 Å². The Bertz CT molecular complexity index is 1020. The summed E-state index contributed by atoms with van der Waals surface area (Å²) in [5, 5.41) is 4.85. The molecule has 10 heteroatoms. The first-order valence-electron chi connectivity index (χ1n) is 8.25. The van der Waals surface area contributed by atoms with Crippen LogP contribution in [0.5, 0.6) is 0 Å². The third kappa shape index (κ3) is 4.41.